The minimum atomic E-state index is -0.0327. The molecule has 2 N–H and O–H groups in total. The molecule has 7 nitrogen and oxygen atoms in total. The lowest BCUT2D eigenvalue weighted by Gasteiger charge is -2.32. The zero-order valence-corrected chi connectivity index (χ0v) is 20.1. The number of piperidine rings is 1. The first-order chi connectivity index (χ1) is 15.9. The fourth-order valence-corrected chi connectivity index (χ4v) is 6.19. The van der Waals surface area contributed by atoms with Gasteiger partial charge in [0.2, 0.25) is 11.8 Å². The van der Waals surface area contributed by atoms with Crippen molar-refractivity contribution in [3.63, 3.8) is 0 Å². The first-order valence-electron chi connectivity index (χ1n) is 11.7. The van der Waals surface area contributed by atoms with E-state index in [1.165, 1.54) is 11.8 Å². The molecule has 33 heavy (non-hydrogen) atoms. The second-order valence-corrected chi connectivity index (χ2v) is 10.6. The molecule has 174 valence electrons. The maximum Gasteiger partial charge on any atom is 0.223 e. The summed E-state index contributed by atoms with van der Waals surface area (Å²) in [5.74, 6) is 1.34. The smallest absolute Gasteiger partial charge is 0.223 e. The summed E-state index contributed by atoms with van der Waals surface area (Å²) >= 11 is 1.64. The highest BCUT2D eigenvalue weighted by molar-refractivity contribution is 7.16. The number of amides is 2. The van der Waals surface area contributed by atoms with E-state index in [1.807, 2.05) is 31.3 Å². The second kappa shape index (κ2) is 8.91. The maximum atomic E-state index is 12.8. The molecular formula is C25H31N5O2S. The Bertz CT molecular complexity index is 1170. The SMILES string of the molecule is CC(=O)Nc1ccc(CN2CCC3(CC2)C[C@H]3C(=O)NCCc2nc3ccccc3n2C)s1. The number of aryl methyl sites for hydroxylation is 1. The van der Waals surface area contributed by atoms with E-state index in [4.69, 9.17) is 4.98 Å². The average molecular weight is 466 g/mol. The van der Waals surface area contributed by atoms with Crippen LogP contribution in [0.4, 0.5) is 5.00 Å². The molecule has 0 bridgehead atoms. The monoisotopic (exact) mass is 465 g/mol. The van der Waals surface area contributed by atoms with E-state index in [-0.39, 0.29) is 23.1 Å². The van der Waals surface area contributed by atoms with Gasteiger partial charge in [-0.2, -0.15) is 0 Å². The van der Waals surface area contributed by atoms with Crippen LogP contribution < -0.4 is 10.6 Å². The van der Waals surface area contributed by atoms with Crippen molar-refractivity contribution in [2.24, 2.45) is 18.4 Å². The van der Waals surface area contributed by atoms with E-state index in [1.54, 1.807) is 11.3 Å². The maximum absolute atomic E-state index is 12.8. The third kappa shape index (κ3) is 4.68. The number of carbonyl (C=O) groups excluding carboxylic acids is 2. The number of likely N-dealkylation sites (tertiary alicyclic amines) is 1. The van der Waals surface area contributed by atoms with Crippen LogP contribution in [0.3, 0.4) is 0 Å². The number of rotatable bonds is 7. The number of nitrogens with one attached hydrogen (secondary N) is 2. The van der Waals surface area contributed by atoms with Gasteiger partial charge < -0.3 is 15.2 Å². The van der Waals surface area contributed by atoms with Crippen LogP contribution in [-0.4, -0.2) is 45.9 Å². The lowest BCUT2D eigenvalue weighted by Crippen LogP contribution is -2.37. The first kappa shape index (κ1) is 22.1. The summed E-state index contributed by atoms with van der Waals surface area (Å²) in [7, 11) is 2.03. The van der Waals surface area contributed by atoms with Gasteiger partial charge in [0.05, 0.1) is 16.0 Å². The zero-order chi connectivity index (χ0) is 23.0. The molecular weight excluding hydrogens is 434 g/mol. The number of fused-ring (bicyclic) bond motifs is 1. The number of benzene rings is 1. The Hall–Kier alpha value is -2.71. The normalized spacial score (nSPS) is 19.6. The summed E-state index contributed by atoms with van der Waals surface area (Å²) < 4.78 is 2.11. The Balaban J connectivity index is 1.07. The molecule has 3 heterocycles. The van der Waals surface area contributed by atoms with E-state index in [2.05, 4.69) is 32.2 Å². The number of thiophene rings is 1. The quantitative estimate of drug-likeness (QED) is 0.559. The van der Waals surface area contributed by atoms with Gasteiger partial charge in [-0.15, -0.1) is 11.3 Å². The molecule has 1 aromatic carbocycles. The topological polar surface area (TPSA) is 79.3 Å². The highest BCUT2D eigenvalue weighted by Crippen LogP contribution is 2.59. The Morgan fingerprint density at radius 1 is 1.18 bits per heavy atom. The summed E-state index contributed by atoms with van der Waals surface area (Å²) in [5.41, 5.74) is 2.33. The molecule has 2 aromatic heterocycles. The fraction of sp³-hybridized carbons (Fsp3) is 0.480. The van der Waals surface area contributed by atoms with Crippen LogP contribution in [0.2, 0.25) is 0 Å². The molecule has 1 saturated heterocycles. The zero-order valence-electron chi connectivity index (χ0n) is 19.3. The van der Waals surface area contributed by atoms with E-state index in [0.29, 0.717) is 6.54 Å². The van der Waals surface area contributed by atoms with Crippen molar-refractivity contribution in [1.82, 2.24) is 19.8 Å². The number of para-hydroxylation sites is 2. The molecule has 8 heteroatoms. The van der Waals surface area contributed by atoms with Gasteiger partial charge in [0, 0.05) is 44.3 Å². The highest BCUT2D eigenvalue weighted by Gasteiger charge is 2.58. The van der Waals surface area contributed by atoms with Gasteiger partial charge in [0.1, 0.15) is 5.82 Å². The van der Waals surface area contributed by atoms with Crippen molar-refractivity contribution >= 4 is 39.2 Å². The molecule has 3 aromatic rings. The predicted molar refractivity (Wildman–Crippen MR) is 131 cm³/mol. The molecule has 1 saturated carbocycles. The van der Waals surface area contributed by atoms with Crippen LogP contribution in [0, 0.1) is 11.3 Å². The van der Waals surface area contributed by atoms with Gasteiger partial charge in [-0.3, -0.25) is 14.5 Å². The van der Waals surface area contributed by atoms with Crippen LogP contribution in [0.1, 0.15) is 36.9 Å². The number of aromatic nitrogens is 2. The van der Waals surface area contributed by atoms with Crippen LogP contribution >= 0.6 is 11.3 Å². The van der Waals surface area contributed by atoms with Gasteiger partial charge in [-0.05, 0) is 62.0 Å². The van der Waals surface area contributed by atoms with Gasteiger partial charge in [-0.25, -0.2) is 4.98 Å². The number of imidazole rings is 1. The Morgan fingerprint density at radius 2 is 1.97 bits per heavy atom. The third-order valence-electron chi connectivity index (χ3n) is 7.23. The fourth-order valence-electron chi connectivity index (χ4n) is 5.19. The lowest BCUT2D eigenvalue weighted by molar-refractivity contribution is -0.123. The summed E-state index contributed by atoms with van der Waals surface area (Å²) in [5, 5.41) is 6.92. The van der Waals surface area contributed by atoms with Crippen molar-refractivity contribution < 1.29 is 9.59 Å². The summed E-state index contributed by atoms with van der Waals surface area (Å²) in [6, 6.07) is 12.2. The summed E-state index contributed by atoms with van der Waals surface area (Å²) in [6.07, 6.45) is 3.93. The standard InChI is InChI=1S/C25H31N5O2S/c1-17(31)27-23-8-7-18(33-23)16-30-13-10-25(11-14-30)15-19(25)24(32)26-12-9-22-28-20-5-3-4-6-21(20)29(22)2/h3-8,19H,9-16H2,1-2H3,(H,26,32)(H,27,31)/t19-/m0/s1. The van der Waals surface area contributed by atoms with Gasteiger partial charge in [0.15, 0.2) is 0 Å². The number of hydrogen-bond acceptors (Lipinski definition) is 5. The molecule has 2 aliphatic rings. The summed E-state index contributed by atoms with van der Waals surface area (Å²) in [6.45, 7) is 5.12. The lowest BCUT2D eigenvalue weighted by atomic mass is 9.90. The van der Waals surface area contributed by atoms with Crippen molar-refractivity contribution in [3.8, 4) is 0 Å². The van der Waals surface area contributed by atoms with Crippen molar-refractivity contribution in [1.29, 1.82) is 0 Å². The first-order valence-corrected chi connectivity index (χ1v) is 12.5. The molecule has 2 amide bonds. The van der Waals surface area contributed by atoms with Crippen LogP contribution in [0.5, 0.6) is 0 Å². The second-order valence-electron chi connectivity index (χ2n) is 9.46. The molecule has 0 radical (unpaired) electrons. The van der Waals surface area contributed by atoms with Gasteiger partial charge in [0.25, 0.3) is 0 Å². The molecule has 2 fully saturated rings. The molecule has 1 spiro atoms. The number of hydrogen-bond donors (Lipinski definition) is 2. The average Bonchev–Trinajstić information content (AvgIpc) is 3.16. The summed E-state index contributed by atoms with van der Waals surface area (Å²) in [4.78, 5) is 32.4. The van der Waals surface area contributed by atoms with Gasteiger partial charge >= 0.3 is 0 Å². The molecule has 1 atom stereocenters. The number of carbonyl (C=O) groups is 2. The minimum absolute atomic E-state index is 0.0327. The largest absolute Gasteiger partial charge is 0.355 e. The third-order valence-corrected chi connectivity index (χ3v) is 8.21. The van der Waals surface area contributed by atoms with Gasteiger partial charge in [-0.1, -0.05) is 12.1 Å². The molecule has 5 rings (SSSR count). The Morgan fingerprint density at radius 3 is 2.73 bits per heavy atom. The number of nitrogens with zero attached hydrogens (tertiary/aromatic N) is 3. The van der Waals surface area contributed by atoms with Crippen LogP contribution in [-0.2, 0) is 29.6 Å². The van der Waals surface area contributed by atoms with E-state index >= 15 is 0 Å². The van der Waals surface area contributed by atoms with Crippen molar-refractivity contribution in [2.75, 3.05) is 25.0 Å². The van der Waals surface area contributed by atoms with Crippen molar-refractivity contribution in [2.45, 2.75) is 39.2 Å². The molecule has 1 aliphatic carbocycles. The number of anilines is 1. The Labute approximate surface area is 198 Å². The van der Waals surface area contributed by atoms with Crippen LogP contribution in [0.15, 0.2) is 36.4 Å². The minimum Gasteiger partial charge on any atom is -0.355 e. The Kier molecular flexibility index (Phi) is 5.97. The highest BCUT2D eigenvalue weighted by atomic mass is 32.1. The molecule has 1 aliphatic heterocycles. The van der Waals surface area contributed by atoms with E-state index in [0.717, 1.165) is 67.2 Å². The van der Waals surface area contributed by atoms with E-state index < -0.39 is 0 Å². The van der Waals surface area contributed by atoms with Crippen molar-refractivity contribution in [3.05, 3.63) is 47.1 Å². The molecule has 0 unspecified atom stereocenters. The van der Waals surface area contributed by atoms with E-state index in [9.17, 15) is 9.59 Å². The van der Waals surface area contributed by atoms with Crippen LogP contribution in [0.25, 0.3) is 11.0 Å². The predicted octanol–water partition coefficient (Wildman–Crippen LogP) is 3.55.